The first-order valence-corrected chi connectivity index (χ1v) is 13.9. The third-order valence-electron chi connectivity index (χ3n) is 8.03. The van der Waals surface area contributed by atoms with E-state index in [0.717, 1.165) is 50.3 Å². The third-order valence-corrected chi connectivity index (χ3v) is 8.59. The molecule has 200 valence electrons. The van der Waals surface area contributed by atoms with Gasteiger partial charge in [-0.25, -0.2) is 14.6 Å². The molecule has 2 fully saturated rings. The summed E-state index contributed by atoms with van der Waals surface area (Å²) in [5, 5.41) is 15.3. The van der Waals surface area contributed by atoms with Crippen LogP contribution in [-0.4, -0.2) is 62.3 Å². The summed E-state index contributed by atoms with van der Waals surface area (Å²) in [7, 11) is 0. The van der Waals surface area contributed by atoms with Crippen molar-refractivity contribution in [3.8, 4) is 6.07 Å². The Bertz CT molecular complexity index is 1390. The number of hydrogen-bond donors (Lipinski definition) is 1. The molecule has 11 heteroatoms. The Morgan fingerprint density at radius 2 is 2.11 bits per heavy atom. The Morgan fingerprint density at radius 3 is 2.82 bits per heavy atom. The van der Waals surface area contributed by atoms with Crippen LogP contribution in [0.15, 0.2) is 24.4 Å². The smallest absolute Gasteiger partial charge is 0.217 e. The Balaban J connectivity index is 1.38. The maximum absolute atomic E-state index is 11.3. The molecule has 0 radical (unpaired) electrons. The van der Waals surface area contributed by atoms with E-state index < -0.39 is 0 Å². The van der Waals surface area contributed by atoms with Gasteiger partial charge in [0.25, 0.3) is 0 Å². The van der Waals surface area contributed by atoms with Crippen molar-refractivity contribution in [2.24, 2.45) is 11.7 Å². The third kappa shape index (κ3) is 5.18. The van der Waals surface area contributed by atoms with Crippen molar-refractivity contribution in [1.82, 2.24) is 24.6 Å². The van der Waals surface area contributed by atoms with Crippen LogP contribution in [0.4, 0.5) is 5.82 Å². The fraction of sp³-hybridized carbons (Fsp3) is 0.519. The maximum atomic E-state index is 11.3. The minimum Gasteiger partial charge on any atom is -0.370 e. The first-order valence-electron chi connectivity index (χ1n) is 13.2. The average molecular weight is 556 g/mol. The zero-order valence-corrected chi connectivity index (χ0v) is 23.2. The summed E-state index contributed by atoms with van der Waals surface area (Å²) in [6, 6.07) is 8.13. The second kappa shape index (κ2) is 11.0. The molecule has 0 spiro atoms. The van der Waals surface area contributed by atoms with Gasteiger partial charge in [0.2, 0.25) is 5.91 Å². The molecule has 4 heterocycles. The normalized spacial score (nSPS) is 23.0. The molecule has 9 nitrogen and oxygen atoms in total. The molecule has 2 aliphatic rings. The number of nitrogens with zero attached hydrogens (tertiary/aromatic N) is 7. The van der Waals surface area contributed by atoms with Gasteiger partial charge in [0.1, 0.15) is 17.4 Å². The molecule has 1 amide bonds. The molecule has 0 aliphatic carbocycles. The van der Waals surface area contributed by atoms with Gasteiger partial charge in [0.05, 0.1) is 12.2 Å². The molecule has 1 aromatic carbocycles. The van der Waals surface area contributed by atoms with E-state index in [1.807, 2.05) is 13.0 Å². The molecule has 3 aromatic rings. The second-order valence-corrected chi connectivity index (χ2v) is 11.3. The van der Waals surface area contributed by atoms with Crippen molar-refractivity contribution in [3.05, 3.63) is 45.7 Å². The van der Waals surface area contributed by atoms with Gasteiger partial charge in [-0.3, -0.25) is 9.69 Å². The van der Waals surface area contributed by atoms with Gasteiger partial charge in [-0.2, -0.15) is 10.4 Å². The molecule has 38 heavy (non-hydrogen) atoms. The molecule has 2 unspecified atom stereocenters. The molecule has 5 rings (SSSR count). The van der Waals surface area contributed by atoms with E-state index in [0.29, 0.717) is 45.6 Å². The van der Waals surface area contributed by atoms with Crippen molar-refractivity contribution in [2.45, 2.75) is 64.1 Å². The second-order valence-electron chi connectivity index (χ2n) is 10.5. The fourth-order valence-corrected chi connectivity index (χ4v) is 6.68. The highest BCUT2D eigenvalue weighted by Crippen LogP contribution is 2.34. The van der Waals surface area contributed by atoms with E-state index in [-0.39, 0.29) is 17.6 Å². The number of primary amides is 1. The van der Waals surface area contributed by atoms with Crippen LogP contribution < -0.4 is 10.6 Å². The standard InChI is InChI=1S/C27H32Cl2N8O/c1-16-15-35(11-9-23(16)36-10-3-4-19(36)6-8-24(31)38)25-14-32-26-22(13-30)34-37(27(26)33-25)17(2)20-7-5-18(28)12-21(20)29/h5,7,12,14,16-17,19,23H,3-4,6,8-11,15H2,1-2H3,(H2,31,38)/t16-,17-,19?,23?/m1/s1. The van der Waals surface area contributed by atoms with Crippen LogP contribution in [0.2, 0.25) is 10.0 Å². The van der Waals surface area contributed by atoms with Gasteiger partial charge < -0.3 is 10.6 Å². The summed E-state index contributed by atoms with van der Waals surface area (Å²) in [5.41, 5.74) is 7.52. The molecule has 0 bridgehead atoms. The minimum atomic E-state index is -0.272. The average Bonchev–Trinajstić information content (AvgIpc) is 3.51. The molecule has 4 atom stereocenters. The number of carbonyl (C=O) groups is 1. The summed E-state index contributed by atoms with van der Waals surface area (Å²) in [4.78, 5) is 25.8. The predicted octanol–water partition coefficient (Wildman–Crippen LogP) is 4.56. The van der Waals surface area contributed by atoms with E-state index in [1.54, 1.807) is 23.0 Å². The van der Waals surface area contributed by atoms with Crippen LogP contribution in [0.25, 0.3) is 11.2 Å². The minimum absolute atomic E-state index is 0.222. The van der Waals surface area contributed by atoms with Crippen LogP contribution in [0.3, 0.4) is 0 Å². The lowest BCUT2D eigenvalue weighted by molar-refractivity contribution is -0.118. The number of fused-ring (bicyclic) bond motifs is 1. The van der Waals surface area contributed by atoms with Crippen LogP contribution >= 0.6 is 23.2 Å². The first-order chi connectivity index (χ1) is 18.3. The lowest BCUT2D eigenvalue weighted by Gasteiger charge is -2.43. The van der Waals surface area contributed by atoms with Gasteiger partial charge in [-0.15, -0.1) is 0 Å². The number of anilines is 1. The number of piperidine rings is 1. The van der Waals surface area contributed by atoms with E-state index in [9.17, 15) is 10.1 Å². The number of nitriles is 1. The lowest BCUT2D eigenvalue weighted by atomic mass is 9.91. The molecule has 2 aliphatic heterocycles. The molecular weight excluding hydrogens is 523 g/mol. The number of aromatic nitrogens is 4. The van der Waals surface area contributed by atoms with Crippen molar-refractivity contribution >= 4 is 46.1 Å². The number of hydrogen-bond acceptors (Lipinski definition) is 7. The number of halogens is 2. The van der Waals surface area contributed by atoms with Gasteiger partial charge >= 0.3 is 0 Å². The molecule has 0 saturated carbocycles. The number of carbonyl (C=O) groups excluding carboxylic acids is 1. The number of likely N-dealkylation sites (tertiary alicyclic amines) is 1. The Hall–Kier alpha value is -2.93. The summed E-state index contributed by atoms with van der Waals surface area (Å²) in [6.07, 6.45) is 6.33. The topological polar surface area (TPSA) is 117 Å². The fourth-order valence-electron chi connectivity index (χ4n) is 6.12. The molecule has 2 N–H and O–H groups in total. The van der Waals surface area contributed by atoms with E-state index in [1.165, 1.54) is 6.42 Å². The van der Waals surface area contributed by atoms with Crippen LogP contribution in [0.1, 0.15) is 63.3 Å². The monoisotopic (exact) mass is 554 g/mol. The lowest BCUT2D eigenvalue weighted by Crippen LogP contribution is -2.52. The largest absolute Gasteiger partial charge is 0.370 e. The Morgan fingerprint density at radius 1 is 1.29 bits per heavy atom. The zero-order valence-electron chi connectivity index (χ0n) is 21.6. The summed E-state index contributed by atoms with van der Waals surface area (Å²) in [5.74, 6) is 0.969. The van der Waals surface area contributed by atoms with Crippen LogP contribution in [0.5, 0.6) is 0 Å². The molecule has 2 aromatic heterocycles. The van der Waals surface area contributed by atoms with Crippen molar-refractivity contribution in [1.29, 1.82) is 5.26 Å². The van der Waals surface area contributed by atoms with E-state index >= 15 is 0 Å². The highest BCUT2D eigenvalue weighted by Gasteiger charge is 2.37. The Kier molecular flexibility index (Phi) is 7.75. The highest BCUT2D eigenvalue weighted by atomic mass is 35.5. The van der Waals surface area contributed by atoms with Gasteiger partial charge in [0.15, 0.2) is 11.3 Å². The number of benzene rings is 1. The molecular formula is C27H32Cl2N8O. The SMILES string of the molecule is C[C@@H]1CN(c2cnc3c(C#N)nn([C@H](C)c4ccc(Cl)cc4Cl)c3n2)CCC1N1CCCC1CCC(N)=O. The first kappa shape index (κ1) is 26.7. The van der Waals surface area contributed by atoms with Gasteiger partial charge in [-0.1, -0.05) is 36.2 Å². The maximum Gasteiger partial charge on any atom is 0.217 e. The van der Waals surface area contributed by atoms with Gasteiger partial charge in [0, 0.05) is 41.6 Å². The number of nitrogens with two attached hydrogens (primary N) is 1. The van der Waals surface area contributed by atoms with E-state index in [2.05, 4.69) is 32.9 Å². The summed E-state index contributed by atoms with van der Waals surface area (Å²) < 4.78 is 1.73. The molecule has 2 saturated heterocycles. The van der Waals surface area contributed by atoms with Crippen LogP contribution in [0, 0.1) is 17.2 Å². The van der Waals surface area contributed by atoms with Crippen molar-refractivity contribution in [2.75, 3.05) is 24.5 Å². The summed E-state index contributed by atoms with van der Waals surface area (Å²) >= 11 is 12.6. The van der Waals surface area contributed by atoms with Crippen molar-refractivity contribution in [3.63, 3.8) is 0 Å². The zero-order chi connectivity index (χ0) is 27.0. The number of rotatable bonds is 7. The summed E-state index contributed by atoms with van der Waals surface area (Å²) in [6.45, 7) is 7.03. The van der Waals surface area contributed by atoms with E-state index in [4.69, 9.17) is 33.9 Å². The van der Waals surface area contributed by atoms with Crippen molar-refractivity contribution < 1.29 is 4.79 Å². The highest BCUT2D eigenvalue weighted by molar-refractivity contribution is 6.35. The number of amides is 1. The quantitative estimate of drug-likeness (QED) is 0.454. The predicted molar refractivity (Wildman–Crippen MR) is 148 cm³/mol. The van der Waals surface area contributed by atoms with Crippen LogP contribution in [-0.2, 0) is 4.79 Å². The van der Waals surface area contributed by atoms with Gasteiger partial charge in [-0.05, 0) is 62.8 Å². The Labute approximate surface area is 232 Å².